The monoisotopic (exact) mass is 698 g/mol. The van der Waals surface area contributed by atoms with E-state index in [1.54, 1.807) is 4.57 Å². The molecule has 0 aliphatic rings. The zero-order chi connectivity index (χ0) is 37.5. The number of alkyl halides is 3. The van der Waals surface area contributed by atoms with Crippen LogP contribution in [0.25, 0.3) is 16.7 Å². The van der Waals surface area contributed by atoms with Gasteiger partial charge in [0, 0.05) is 41.3 Å². The van der Waals surface area contributed by atoms with Gasteiger partial charge in [0.15, 0.2) is 5.96 Å². The number of aliphatic imine (C=N–C) groups is 1. The van der Waals surface area contributed by atoms with Crippen molar-refractivity contribution >= 4 is 17.0 Å². The van der Waals surface area contributed by atoms with Crippen molar-refractivity contribution in [2.24, 2.45) is 22.2 Å². The number of H-pyrrole nitrogens is 1. The average molecular weight is 699 g/mol. The summed E-state index contributed by atoms with van der Waals surface area (Å²) in [5.74, 6) is -0.0440. The molecule has 0 atom stereocenters. The Labute approximate surface area is 292 Å². The van der Waals surface area contributed by atoms with Crippen LogP contribution in [-0.4, -0.2) is 45.5 Å². The van der Waals surface area contributed by atoms with Gasteiger partial charge in [0.05, 0.1) is 5.69 Å². The highest BCUT2D eigenvalue weighted by Crippen LogP contribution is 2.31. The Balaban J connectivity index is 0.000000286. The van der Waals surface area contributed by atoms with Gasteiger partial charge in [0.2, 0.25) is 0 Å². The normalized spacial score (nSPS) is 12.4. The van der Waals surface area contributed by atoms with Crippen LogP contribution in [0.3, 0.4) is 0 Å². The molecule has 8 N–H and O–H groups in total. The minimum atomic E-state index is -4.68. The molecule has 0 radical (unpaired) electrons. The van der Waals surface area contributed by atoms with Crippen LogP contribution in [0.15, 0.2) is 64.5 Å². The van der Waals surface area contributed by atoms with Crippen molar-refractivity contribution in [2.75, 3.05) is 13.1 Å². The molecule has 50 heavy (non-hydrogen) atoms. The number of halogens is 3. The number of aromatic amines is 1. The number of nitrogens with two attached hydrogens (primary N) is 3. The smallest absolute Gasteiger partial charge is 0.406 e. The first-order valence-electron chi connectivity index (χ1n) is 16.7. The second-order valence-electron chi connectivity index (χ2n) is 15.3. The highest BCUT2D eigenvalue weighted by Gasteiger charge is 2.32. The average Bonchev–Trinajstić information content (AvgIpc) is 3.40. The van der Waals surface area contributed by atoms with Gasteiger partial charge in [0.1, 0.15) is 11.4 Å². The third kappa shape index (κ3) is 13.2. The Kier molecular flexibility index (Phi) is 12.9. The minimum Gasteiger partial charge on any atom is -0.406 e. The Morgan fingerprint density at radius 3 is 2.16 bits per heavy atom. The van der Waals surface area contributed by atoms with E-state index >= 15 is 0 Å². The maximum absolute atomic E-state index is 12.5. The number of aryl methyl sites for hydroxylation is 1. The van der Waals surface area contributed by atoms with Gasteiger partial charge in [-0.1, -0.05) is 59.7 Å². The molecule has 2 aromatic carbocycles. The van der Waals surface area contributed by atoms with Crippen molar-refractivity contribution in [2.45, 2.75) is 104 Å². The topological polar surface area (TPSA) is 162 Å². The lowest BCUT2D eigenvalue weighted by Gasteiger charge is -2.23. The van der Waals surface area contributed by atoms with Crippen LogP contribution >= 0.6 is 0 Å². The summed E-state index contributed by atoms with van der Waals surface area (Å²) >= 11 is 0. The maximum atomic E-state index is 12.5. The van der Waals surface area contributed by atoms with E-state index in [0.717, 1.165) is 53.0 Å². The first-order valence-corrected chi connectivity index (χ1v) is 16.7. The standard InChI is InChI=1S/C21H29N7O.C16H24F3NO/c1-21(2,3)17-11-15-13-28(20(29)27-18(15)26-17)16-7-5-14(6-8-16)12-24-9-4-10-25-19(22)23;1-14(2,3)12-8-11(6-7-15(4,5)20)9-13(10-12)21-16(17,18)19/h5-8,11,13,24H,4,9-10,12H2,1-3H3,(H4,22,23,25)(H,26,27,29);8-10H,6-7,20H2,1-5H3. The van der Waals surface area contributed by atoms with Crippen LogP contribution in [0.1, 0.15) is 90.6 Å². The van der Waals surface area contributed by atoms with E-state index in [1.165, 1.54) is 12.1 Å². The number of nitrogens with one attached hydrogen (secondary N) is 2. The molecule has 13 heteroatoms. The summed E-state index contributed by atoms with van der Waals surface area (Å²) in [6, 6.07) is 14.7. The molecule has 0 fully saturated rings. The molecule has 274 valence electrons. The zero-order valence-corrected chi connectivity index (χ0v) is 30.5. The molecule has 4 rings (SSSR count). The lowest BCUT2D eigenvalue weighted by atomic mass is 9.85. The first-order chi connectivity index (χ1) is 23.0. The summed E-state index contributed by atoms with van der Waals surface area (Å²) in [6.07, 6.45) is -0.674. The quantitative estimate of drug-likeness (QED) is 0.0696. The van der Waals surface area contributed by atoms with Gasteiger partial charge in [0.25, 0.3) is 0 Å². The van der Waals surface area contributed by atoms with Gasteiger partial charge >= 0.3 is 12.1 Å². The van der Waals surface area contributed by atoms with Crippen molar-refractivity contribution in [3.05, 3.63) is 87.6 Å². The van der Waals surface area contributed by atoms with Crippen molar-refractivity contribution in [1.82, 2.24) is 19.9 Å². The van der Waals surface area contributed by atoms with Crippen LogP contribution in [0.4, 0.5) is 13.2 Å². The van der Waals surface area contributed by atoms with Gasteiger partial charge in [-0.25, -0.2) is 4.79 Å². The molecule has 0 bridgehead atoms. The summed E-state index contributed by atoms with van der Waals surface area (Å²) in [5, 5.41) is 4.27. The largest absolute Gasteiger partial charge is 0.573 e. The Bertz CT molecular complexity index is 1790. The zero-order valence-electron chi connectivity index (χ0n) is 30.5. The van der Waals surface area contributed by atoms with Gasteiger partial charge in [-0.05, 0) is 92.1 Å². The van der Waals surface area contributed by atoms with Gasteiger partial charge < -0.3 is 32.2 Å². The minimum absolute atomic E-state index is 0.0352. The van der Waals surface area contributed by atoms with Crippen molar-refractivity contribution < 1.29 is 17.9 Å². The third-order valence-corrected chi connectivity index (χ3v) is 7.79. The van der Waals surface area contributed by atoms with Gasteiger partial charge in [-0.15, -0.1) is 13.2 Å². The number of rotatable bonds is 11. The highest BCUT2D eigenvalue weighted by molar-refractivity contribution is 5.76. The molecule has 0 spiro atoms. The van der Waals surface area contributed by atoms with Crippen molar-refractivity contribution in [3.8, 4) is 11.4 Å². The third-order valence-electron chi connectivity index (χ3n) is 7.79. The van der Waals surface area contributed by atoms with E-state index in [-0.39, 0.29) is 33.8 Å². The van der Waals surface area contributed by atoms with Crippen LogP contribution in [-0.2, 0) is 23.8 Å². The SMILES string of the molecule is CC(C)(C)c1cc2cn(-c3ccc(CNCCCN=C(N)N)cc3)c(=O)nc2[nH]1.CC(C)(N)CCc1cc(OC(F)(F)F)cc(C(C)(C)C)c1. The van der Waals surface area contributed by atoms with Crippen LogP contribution < -0.4 is 32.9 Å². The van der Waals surface area contributed by atoms with E-state index < -0.39 is 6.36 Å². The summed E-state index contributed by atoms with van der Waals surface area (Å²) in [4.78, 5) is 23.9. The van der Waals surface area contributed by atoms with E-state index in [2.05, 4.69) is 51.9 Å². The van der Waals surface area contributed by atoms with Crippen LogP contribution in [0, 0.1) is 0 Å². The molecule has 4 aromatic rings. The van der Waals surface area contributed by atoms with Gasteiger partial charge in [-0.2, -0.15) is 4.98 Å². The second-order valence-corrected chi connectivity index (χ2v) is 15.3. The lowest BCUT2D eigenvalue weighted by Crippen LogP contribution is -2.32. The molecule has 0 unspecified atom stereocenters. The van der Waals surface area contributed by atoms with Gasteiger partial charge in [-0.3, -0.25) is 9.56 Å². The van der Waals surface area contributed by atoms with Crippen molar-refractivity contribution in [1.29, 1.82) is 0 Å². The molecule has 0 saturated carbocycles. The molecule has 10 nitrogen and oxygen atoms in total. The molecule has 2 heterocycles. The first kappa shape index (κ1) is 40.1. The number of guanidine groups is 1. The summed E-state index contributed by atoms with van der Waals surface area (Å²) in [7, 11) is 0. The number of aromatic nitrogens is 3. The number of nitrogens with zero attached hydrogens (tertiary/aromatic N) is 3. The molecule has 0 aliphatic heterocycles. The van der Waals surface area contributed by atoms with Crippen LogP contribution in [0.5, 0.6) is 5.75 Å². The fourth-order valence-corrected chi connectivity index (χ4v) is 4.90. The Morgan fingerprint density at radius 1 is 0.940 bits per heavy atom. The van der Waals surface area contributed by atoms with E-state index in [0.29, 0.717) is 25.0 Å². The number of benzene rings is 2. The number of ether oxygens (including phenoxy) is 1. The molecule has 2 aromatic heterocycles. The number of hydrogen-bond acceptors (Lipinski definition) is 6. The molecule has 0 aliphatic carbocycles. The van der Waals surface area contributed by atoms with Crippen LogP contribution in [0.2, 0.25) is 0 Å². The predicted octanol–water partition coefficient (Wildman–Crippen LogP) is 6.32. The molecule has 0 saturated heterocycles. The van der Waals surface area contributed by atoms with Crippen molar-refractivity contribution in [3.63, 3.8) is 0 Å². The van der Waals surface area contributed by atoms with E-state index in [4.69, 9.17) is 17.2 Å². The Morgan fingerprint density at radius 2 is 1.60 bits per heavy atom. The fraction of sp³-hybridized carbons (Fsp3) is 0.486. The number of hydrogen-bond donors (Lipinski definition) is 5. The van der Waals surface area contributed by atoms with E-state index in [9.17, 15) is 18.0 Å². The fourth-order valence-electron chi connectivity index (χ4n) is 4.90. The van der Waals surface area contributed by atoms with E-state index in [1.807, 2.05) is 71.1 Å². The second kappa shape index (κ2) is 16.1. The summed E-state index contributed by atoms with van der Waals surface area (Å²) in [6.45, 7) is 18.2. The summed E-state index contributed by atoms with van der Waals surface area (Å²) in [5.41, 5.74) is 20.8. The molecule has 0 amide bonds. The Hall–Kier alpha value is -4.36. The maximum Gasteiger partial charge on any atom is 0.573 e. The highest BCUT2D eigenvalue weighted by atomic mass is 19.4. The number of fused-ring (bicyclic) bond motifs is 1. The molecular weight excluding hydrogens is 645 g/mol. The molecular formula is C37H53F3N8O2. The predicted molar refractivity (Wildman–Crippen MR) is 196 cm³/mol. The lowest BCUT2D eigenvalue weighted by molar-refractivity contribution is -0.274. The summed E-state index contributed by atoms with van der Waals surface area (Å²) < 4.78 is 43.0.